The molecule has 0 bridgehead atoms. The molecule has 2 rings (SSSR count). The Morgan fingerprint density at radius 2 is 1.95 bits per heavy atom. The third-order valence-electron chi connectivity index (χ3n) is 3.83. The Kier molecular flexibility index (Phi) is 4.06. The van der Waals surface area contributed by atoms with Crippen LogP contribution in [0.1, 0.15) is 31.4 Å². The Hall–Kier alpha value is -1.52. The molecular weight excluding hydrogens is 267 g/mol. The summed E-state index contributed by atoms with van der Waals surface area (Å²) in [5.41, 5.74) is -0.487. The van der Waals surface area contributed by atoms with Crippen molar-refractivity contribution in [1.29, 1.82) is 0 Å². The van der Waals surface area contributed by atoms with Crippen molar-refractivity contribution in [2.75, 3.05) is 6.54 Å². The second-order valence-electron chi connectivity index (χ2n) is 5.55. The quantitative estimate of drug-likeness (QED) is 0.829. The maximum absolute atomic E-state index is 12.9. The van der Waals surface area contributed by atoms with E-state index in [-0.39, 0.29) is 29.9 Å². The lowest BCUT2D eigenvalue weighted by atomic mass is 9.95. The van der Waals surface area contributed by atoms with Crippen molar-refractivity contribution < 1.29 is 18.0 Å². The van der Waals surface area contributed by atoms with Crippen LogP contribution in [0.25, 0.3) is 0 Å². The van der Waals surface area contributed by atoms with E-state index in [0.717, 1.165) is 12.5 Å². The molecule has 1 unspecified atom stereocenters. The Morgan fingerprint density at radius 1 is 1.30 bits per heavy atom. The highest BCUT2D eigenvalue weighted by Crippen LogP contribution is 2.34. The average Bonchev–Trinajstić information content (AvgIpc) is 2.70. The van der Waals surface area contributed by atoms with E-state index in [2.05, 4.69) is 0 Å². The minimum Gasteiger partial charge on any atom is -0.338 e. The van der Waals surface area contributed by atoms with Crippen LogP contribution in [0.4, 0.5) is 13.2 Å². The Bertz CT molecular complexity index is 496. The van der Waals surface area contributed by atoms with Gasteiger partial charge in [0.1, 0.15) is 0 Å². The van der Waals surface area contributed by atoms with E-state index in [1.165, 1.54) is 17.0 Å². The van der Waals surface area contributed by atoms with Gasteiger partial charge >= 0.3 is 6.18 Å². The van der Waals surface area contributed by atoms with Crippen LogP contribution in [0.15, 0.2) is 24.3 Å². The average molecular weight is 285 g/mol. The third-order valence-corrected chi connectivity index (χ3v) is 3.83. The lowest BCUT2D eigenvalue weighted by Crippen LogP contribution is -2.29. The molecule has 1 aliphatic rings. The molecule has 0 aliphatic carbocycles. The first-order chi connectivity index (χ1) is 9.30. The van der Waals surface area contributed by atoms with Gasteiger partial charge in [-0.15, -0.1) is 0 Å². The summed E-state index contributed by atoms with van der Waals surface area (Å²) in [5, 5.41) is 0. The molecule has 1 atom stereocenters. The van der Waals surface area contributed by atoms with Crippen molar-refractivity contribution in [3.8, 4) is 0 Å². The van der Waals surface area contributed by atoms with Crippen molar-refractivity contribution in [1.82, 2.24) is 4.90 Å². The first-order valence-electron chi connectivity index (χ1n) is 6.74. The molecule has 1 aromatic rings. The summed E-state index contributed by atoms with van der Waals surface area (Å²) in [6.45, 7) is 4.51. The lowest BCUT2D eigenvalue weighted by Gasteiger charge is -2.20. The summed E-state index contributed by atoms with van der Waals surface area (Å²) in [6.07, 6.45) is -3.65. The molecule has 1 saturated heterocycles. The highest BCUT2D eigenvalue weighted by atomic mass is 19.4. The molecular formula is C15H18F3NO. The Balaban J connectivity index is 2.18. The number of benzene rings is 1. The normalized spacial score (nSPS) is 20.0. The zero-order valence-electron chi connectivity index (χ0n) is 11.6. The van der Waals surface area contributed by atoms with Gasteiger partial charge in [-0.05, 0) is 24.0 Å². The molecule has 0 N–H and O–H groups in total. The van der Waals surface area contributed by atoms with Gasteiger partial charge in [0.05, 0.1) is 5.56 Å². The SMILES string of the molecule is CC(C)C1CCN(Cc2ccccc2C(F)(F)F)C1=O. The van der Waals surface area contributed by atoms with Crippen molar-refractivity contribution in [3.63, 3.8) is 0 Å². The van der Waals surface area contributed by atoms with E-state index < -0.39 is 11.7 Å². The topological polar surface area (TPSA) is 20.3 Å². The van der Waals surface area contributed by atoms with E-state index in [9.17, 15) is 18.0 Å². The molecule has 0 saturated carbocycles. The van der Waals surface area contributed by atoms with E-state index >= 15 is 0 Å². The van der Waals surface area contributed by atoms with Gasteiger partial charge in [-0.3, -0.25) is 4.79 Å². The first kappa shape index (κ1) is 14.9. The largest absolute Gasteiger partial charge is 0.416 e. The molecule has 1 aliphatic heterocycles. The van der Waals surface area contributed by atoms with Crippen LogP contribution >= 0.6 is 0 Å². The highest BCUT2D eigenvalue weighted by molar-refractivity contribution is 5.81. The number of carbonyl (C=O) groups is 1. The molecule has 0 radical (unpaired) electrons. The molecule has 2 nitrogen and oxygen atoms in total. The monoisotopic (exact) mass is 285 g/mol. The van der Waals surface area contributed by atoms with E-state index in [4.69, 9.17) is 0 Å². The number of likely N-dealkylation sites (tertiary alicyclic amines) is 1. The van der Waals surface area contributed by atoms with Crippen molar-refractivity contribution in [3.05, 3.63) is 35.4 Å². The van der Waals surface area contributed by atoms with Crippen LogP contribution in [0.3, 0.4) is 0 Å². The van der Waals surface area contributed by atoms with Crippen LogP contribution < -0.4 is 0 Å². The zero-order valence-corrected chi connectivity index (χ0v) is 11.6. The number of halogens is 3. The van der Waals surface area contributed by atoms with Crippen LogP contribution in [-0.2, 0) is 17.5 Å². The predicted octanol–water partition coefficient (Wildman–Crippen LogP) is 3.71. The summed E-state index contributed by atoms with van der Waals surface area (Å²) >= 11 is 0. The van der Waals surface area contributed by atoms with Crippen molar-refractivity contribution >= 4 is 5.91 Å². The molecule has 20 heavy (non-hydrogen) atoms. The summed E-state index contributed by atoms with van der Waals surface area (Å²) in [4.78, 5) is 13.7. The minimum absolute atomic E-state index is 0.0306. The van der Waals surface area contributed by atoms with Crippen LogP contribution in [0, 0.1) is 11.8 Å². The summed E-state index contributed by atoms with van der Waals surface area (Å²) < 4.78 is 38.8. The zero-order chi connectivity index (χ0) is 14.9. The van der Waals surface area contributed by atoms with Gasteiger partial charge < -0.3 is 4.90 Å². The second-order valence-corrected chi connectivity index (χ2v) is 5.55. The maximum atomic E-state index is 12.9. The Morgan fingerprint density at radius 3 is 2.50 bits per heavy atom. The fourth-order valence-electron chi connectivity index (χ4n) is 2.68. The van der Waals surface area contributed by atoms with Gasteiger partial charge in [0.15, 0.2) is 0 Å². The smallest absolute Gasteiger partial charge is 0.338 e. The summed E-state index contributed by atoms with van der Waals surface area (Å²) in [5.74, 6) is 0.135. The number of hydrogen-bond donors (Lipinski definition) is 0. The van der Waals surface area contributed by atoms with E-state index in [1.807, 2.05) is 13.8 Å². The number of alkyl halides is 3. The first-order valence-corrected chi connectivity index (χ1v) is 6.74. The number of rotatable bonds is 3. The number of carbonyl (C=O) groups excluding carboxylic acids is 1. The minimum atomic E-state index is -4.38. The molecule has 5 heteroatoms. The second kappa shape index (κ2) is 5.46. The molecule has 0 spiro atoms. The number of nitrogens with zero attached hydrogens (tertiary/aromatic N) is 1. The molecule has 0 aromatic heterocycles. The molecule has 1 amide bonds. The number of amides is 1. The lowest BCUT2D eigenvalue weighted by molar-refractivity contribution is -0.139. The summed E-state index contributed by atoms with van der Waals surface area (Å²) in [6, 6.07) is 5.45. The fraction of sp³-hybridized carbons (Fsp3) is 0.533. The van der Waals surface area contributed by atoms with Gasteiger partial charge in [0.25, 0.3) is 0 Å². The molecule has 1 fully saturated rings. The molecule has 110 valence electrons. The van der Waals surface area contributed by atoms with Gasteiger partial charge in [-0.2, -0.15) is 13.2 Å². The maximum Gasteiger partial charge on any atom is 0.416 e. The predicted molar refractivity (Wildman–Crippen MR) is 69.8 cm³/mol. The van der Waals surface area contributed by atoms with Gasteiger partial charge in [0.2, 0.25) is 5.91 Å². The van der Waals surface area contributed by atoms with Gasteiger partial charge in [0, 0.05) is 19.0 Å². The standard InChI is InChI=1S/C15H18F3NO/c1-10(2)12-7-8-19(14(12)20)9-11-5-3-4-6-13(11)15(16,17)18/h3-6,10,12H,7-9H2,1-2H3. The third kappa shape index (κ3) is 2.97. The summed E-state index contributed by atoms with van der Waals surface area (Å²) in [7, 11) is 0. The Labute approximate surface area is 116 Å². The van der Waals surface area contributed by atoms with E-state index in [1.54, 1.807) is 6.07 Å². The molecule has 1 heterocycles. The van der Waals surface area contributed by atoms with Gasteiger partial charge in [-0.1, -0.05) is 32.0 Å². The van der Waals surface area contributed by atoms with Crippen molar-refractivity contribution in [2.24, 2.45) is 11.8 Å². The van der Waals surface area contributed by atoms with E-state index in [0.29, 0.717) is 6.54 Å². The van der Waals surface area contributed by atoms with Crippen LogP contribution in [-0.4, -0.2) is 17.4 Å². The molecule has 1 aromatic carbocycles. The van der Waals surface area contributed by atoms with Crippen molar-refractivity contribution in [2.45, 2.75) is 33.0 Å². The van der Waals surface area contributed by atoms with Crippen LogP contribution in [0.2, 0.25) is 0 Å². The van der Waals surface area contributed by atoms with Crippen LogP contribution in [0.5, 0.6) is 0 Å². The highest BCUT2D eigenvalue weighted by Gasteiger charge is 2.36. The van der Waals surface area contributed by atoms with Gasteiger partial charge in [-0.25, -0.2) is 0 Å². The number of hydrogen-bond acceptors (Lipinski definition) is 1. The fourth-order valence-corrected chi connectivity index (χ4v) is 2.68.